The van der Waals surface area contributed by atoms with E-state index in [9.17, 15) is 9.59 Å². The quantitative estimate of drug-likeness (QED) is 0.396. The van der Waals surface area contributed by atoms with Crippen LogP contribution < -0.4 is 16.0 Å². The van der Waals surface area contributed by atoms with E-state index >= 15 is 0 Å². The Labute approximate surface area is 192 Å². The summed E-state index contributed by atoms with van der Waals surface area (Å²) < 4.78 is 10.3. The molecule has 1 amide bonds. The minimum absolute atomic E-state index is 0.0840. The van der Waals surface area contributed by atoms with Gasteiger partial charge in [-0.25, -0.2) is 14.8 Å². The topological polar surface area (TPSA) is 114 Å². The molecule has 0 fully saturated rings. The molecule has 9 heteroatoms. The first kappa shape index (κ1) is 23.5. The highest BCUT2D eigenvalue weighted by molar-refractivity contribution is 5.85. The number of amides is 1. The van der Waals surface area contributed by atoms with E-state index in [1.165, 1.54) is 6.33 Å². The first-order valence-electron chi connectivity index (χ1n) is 10.4. The van der Waals surface area contributed by atoms with Gasteiger partial charge in [0.05, 0.1) is 6.04 Å². The molecule has 9 nitrogen and oxygen atoms in total. The Hall–Kier alpha value is -4.14. The van der Waals surface area contributed by atoms with Crippen LogP contribution in [0.4, 0.5) is 27.7 Å². The van der Waals surface area contributed by atoms with Crippen molar-refractivity contribution in [1.29, 1.82) is 0 Å². The fourth-order valence-electron chi connectivity index (χ4n) is 3.01. The molecule has 0 saturated carbocycles. The molecule has 0 saturated heterocycles. The zero-order valence-corrected chi connectivity index (χ0v) is 18.7. The van der Waals surface area contributed by atoms with Crippen molar-refractivity contribution in [3.8, 4) is 0 Å². The number of nitrogens with one attached hydrogen (secondary N) is 3. The SMILES string of the molecule is CC(C)(C)OC(=O)Nc1cccc(Nc2ncncc2C(COC=O)Nc2ccccc2)c1. The molecule has 1 aromatic heterocycles. The lowest BCUT2D eigenvalue weighted by Crippen LogP contribution is -2.27. The van der Waals surface area contributed by atoms with Gasteiger partial charge in [0.1, 0.15) is 24.4 Å². The third-order valence-electron chi connectivity index (χ3n) is 4.33. The van der Waals surface area contributed by atoms with Gasteiger partial charge in [0.15, 0.2) is 0 Å². The average Bonchev–Trinajstić information content (AvgIpc) is 2.77. The van der Waals surface area contributed by atoms with Crippen molar-refractivity contribution >= 4 is 35.4 Å². The highest BCUT2D eigenvalue weighted by atomic mass is 16.6. The molecule has 0 aliphatic heterocycles. The monoisotopic (exact) mass is 449 g/mol. The molecule has 0 bridgehead atoms. The standard InChI is InChI=1S/C24H27N5O4/c1-24(2,3)33-23(31)29-19-11-7-10-18(12-19)28-22-20(13-25-15-26-22)21(14-32-16-30)27-17-8-5-4-6-9-17/h4-13,15-16,21,27H,14H2,1-3H3,(H,29,31)(H,25,26,28). The van der Waals surface area contributed by atoms with Crippen LogP contribution in [0.2, 0.25) is 0 Å². The van der Waals surface area contributed by atoms with Gasteiger partial charge >= 0.3 is 6.09 Å². The van der Waals surface area contributed by atoms with Crippen LogP contribution in [0, 0.1) is 0 Å². The van der Waals surface area contributed by atoms with Gasteiger partial charge in [0, 0.05) is 28.8 Å². The second kappa shape index (κ2) is 10.9. The molecule has 0 radical (unpaired) electrons. The molecule has 2 aromatic carbocycles. The summed E-state index contributed by atoms with van der Waals surface area (Å²) in [5.74, 6) is 0.530. The Morgan fingerprint density at radius 1 is 1.06 bits per heavy atom. The molecule has 0 aliphatic rings. The molecule has 1 heterocycles. The van der Waals surface area contributed by atoms with Crippen LogP contribution in [0.1, 0.15) is 32.4 Å². The van der Waals surface area contributed by atoms with E-state index in [0.717, 1.165) is 5.69 Å². The second-order valence-corrected chi connectivity index (χ2v) is 8.15. The summed E-state index contributed by atoms with van der Waals surface area (Å²) in [6.07, 6.45) is 2.54. The van der Waals surface area contributed by atoms with E-state index in [2.05, 4.69) is 25.9 Å². The molecule has 3 N–H and O–H groups in total. The Morgan fingerprint density at radius 2 is 1.79 bits per heavy atom. The van der Waals surface area contributed by atoms with Crippen molar-refractivity contribution in [1.82, 2.24) is 9.97 Å². The molecule has 1 atom stereocenters. The lowest BCUT2D eigenvalue weighted by molar-refractivity contribution is -0.129. The van der Waals surface area contributed by atoms with Gasteiger partial charge in [-0.3, -0.25) is 10.1 Å². The van der Waals surface area contributed by atoms with Gasteiger partial charge in [-0.15, -0.1) is 0 Å². The Kier molecular flexibility index (Phi) is 7.80. The van der Waals surface area contributed by atoms with Crippen LogP contribution in [0.3, 0.4) is 0 Å². The number of rotatable bonds is 9. The summed E-state index contributed by atoms with van der Waals surface area (Å²) in [5.41, 5.74) is 2.22. The summed E-state index contributed by atoms with van der Waals surface area (Å²) >= 11 is 0. The second-order valence-electron chi connectivity index (χ2n) is 8.15. The molecule has 172 valence electrons. The number of hydrogen-bond donors (Lipinski definition) is 3. The Morgan fingerprint density at radius 3 is 2.52 bits per heavy atom. The first-order valence-corrected chi connectivity index (χ1v) is 10.4. The number of carbonyl (C=O) groups excluding carboxylic acids is 2. The lowest BCUT2D eigenvalue weighted by atomic mass is 10.1. The molecule has 0 spiro atoms. The van der Waals surface area contributed by atoms with Crippen molar-refractivity contribution in [3.05, 3.63) is 72.7 Å². The van der Waals surface area contributed by atoms with Gasteiger partial charge in [-0.1, -0.05) is 24.3 Å². The summed E-state index contributed by atoms with van der Waals surface area (Å²) in [7, 11) is 0. The van der Waals surface area contributed by atoms with E-state index in [1.54, 1.807) is 45.2 Å². The van der Waals surface area contributed by atoms with Gasteiger partial charge < -0.3 is 20.1 Å². The maximum Gasteiger partial charge on any atom is 0.412 e. The summed E-state index contributed by atoms with van der Waals surface area (Å²) in [5, 5.41) is 9.31. The van der Waals surface area contributed by atoms with Crippen molar-refractivity contribution in [2.45, 2.75) is 32.4 Å². The van der Waals surface area contributed by atoms with E-state index in [-0.39, 0.29) is 6.61 Å². The van der Waals surface area contributed by atoms with E-state index < -0.39 is 17.7 Å². The lowest BCUT2D eigenvalue weighted by Gasteiger charge is -2.22. The Balaban J connectivity index is 1.80. The summed E-state index contributed by atoms with van der Waals surface area (Å²) in [6, 6.07) is 16.3. The van der Waals surface area contributed by atoms with Crippen LogP contribution in [0.15, 0.2) is 67.1 Å². The maximum atomic E-state index is 12.1. The molecule has 33 heavy (non-hydrogen) atoms. The van der Waals surface area contributed by atoms with Gasteiger partial charge in [-0.2, -0.15) is 0 Å². The predicted octanol–water partition coefficient (Wildman–Crippen LogP) is 4.89. The highest BCUT2D eigenvalue weighted by Gasteiger charge is 2.19. The fraction of sp³-hybridized carbons (Fsp3) is 0.250. The first-order chi connectivity index (χ1) is 15.8. The average molecular weight is 450 g/mol. The molecular weight excluding hydrogens is 422 g/mol. The predicted molar refractivity (Wildman–Crippen MR) is 126 cm³/mol. The van der Waals surface area contributed by atoms with E-state index in [1.807, 2.05) is 36.4 Å². The van der Waals surface area contributed by atoms with E-state index in [4.69, 9.17) is 9.47 Å². The van der Waals surface area contributed by atoms with E-state index in [0.29, 0.717) is 29.2 Å². The summed E-state index contributed by atoms with van der Waals surface area (Å²) in [4.78, 5) is 31.4. The fourth-order valence-corrected chi connectivity index (χ4v) is 3.01. The molecule has 1 unspecified atom stereocenters. The smallest absolute Gasteiger partial charge is 0.412 e. The van der Waals surface area contributed by atoms with Crippen LogP contribution >= 0.6 is 0 Å². The number of anilines is 4. The number of nitrogens with zero attached hydrogens (tertiary/aromatic N) is 2. The van der Waals surface area contributed by atoms with Gasteiger partial charge in [0.2, 0.25) is 0 Å². The Bertz CT molecular complexity index is 1070. The minimum Gasteiger partial charge on any atom is -0.465 e. The zero-order chi connectivity index (χ0) is 23.7. The number of hydrogen-bond acceptors (Lipinski definition) is 8. The molecule has 0 aliphatic carbocycles. The number of benzene rings is 2. The zero-order valence-electron chi connectivity index (χ0n) is 18.7. The van der Waals surface area contributed by atoms with Crippen LogP contribution in [-0.2, 0) is 14.3 Å². The number of carbonyl (C=O) groups is 2. The number of para-hydroxylation sites is 1. The maximum absolute atomic E-state index is 12.1. The highest BCUT2D eigenvalue weighted by Crippen LogP contribution is 2.28. The van der Waals surface area contributed by atoms with Crippen molar-refractivity contribution < 1.29 is 19.1 Å². The van der Waals surface area contributed by atoms with Crippen molar-refractivity contribution in [3.63, 3.8) is 0 Å². The third-order valence-corrected chi connectivity index (χ3v) is 4.33. The summed E-state index contributed by atoms with van der Waals surface area (Å²) in [6.45, 7) is 5.89. The largest absolute Gasteiger partial charge is 0.465 e. The van der Waals surface area contributed by atoms with Crippen molar-refractivity contribution in [2.24, 2.45) is 0 Å². The van der Waals surface area contributed by atoms with Crippen LogP contribution in [0.25, 0.3) is 0 Å². The molecule has 3 rings (SSSR count). The molecular formula is C24H27N5O4. The third kappa shape index (κ3) is 7.49. The van der Waals surface area contributed by atoms with Crippen molar-refractivity contribution in [2.75, 3.05) is 22.6 Å². The molecule has 3 aromatic rings. The van der Waals surface area contributed by atoms with Gasteiger partial charge in [-0.05, 0) is 51.1 Å². The number of ether oxygens (including phenoxy) is 2. The normalized spacial score (nSPS) is 11.7. The van der Waals surface area contributed by atoms with Gasteiger partial charge in [0.25, 0.3) is 6.47 Å². The number of aromatic nitrogens is 2. The van der Waals surface area contributed by atoms with Crippen LogP contribution in [0.5, 0.6) is 0 Å². The van der Waals surface area contributed by atoms with Crippen LogP contribution in [-0.4, -0.2) is 34.7 Å². The minimum atomic E-state index is -0.597.